The van der Waals surface area contributed by atoms with Gasteiger partial charge in [-0.25, -0.2) is 4.79 Å². The summed E-state index contributed by atoms with van der Waals surface area (Å²) in [5, 5.41) is 2.76. The molecule has 2 aromatic carbocycles. The minimum atomic E-state index is -0.668. The number of imide groups is 1. The van der Waals surface area contributed by atoms with Crippen LogP contribution in [0.15, 0.2) is 59.1 Å². The first-order valence-electron chi connectivity index (χ1n) is 11.2. The van der Waals surface area contributed by atoms with E-state index in [2.05, 4.69) is 21.2 Å². The maximum absolute atomic E-state index is 12.9. The van der Waals surface area contributed by atoms with Crippen molar-refractivity contribution in [2.75, 3.05) is 16.8 Å². The Morgan fingerprint density at radius 2 is 1.85 bits per heavy atom. The van der Waals surface area contributed by atoms with Gasteiger partial charge in [-0.1, -0.05) is 41.9 Å². The third-order valence-corrected chi connectivity index (χ3v) is 6.78. The number of aryl methyl sites for hydroxylation is 1. The third kappa shape index (κ3) is 4.68. The topological polar surface area (TPSA) is 92.8 Å². The lowest BCUT2D eigenvalue weighted by Gasteiger charge is -2.22. The number of hydrogen-bond acceptors (Lipinski definition) is 5. The van der Waals surface area contributed by atoms with Crippen LogP contribution in [0.2, 0.25) is 0 Å². The Kier molecular flexibility index (Phi) is 6.97. The van der Waals surface area contributed by atoms with Crippen molar-refractivity contribution in [1.29, 1.82) is 0 Å². The molecule has 2 aromatic rings. The van der Waals surface area contributed by atoms with E-state index in [1.807, 2.05) is 38.1 Å². The van der Waals surface area contributed by atoms with Crippen LogP contribution < -0.4 is 10.2 Å². The lowest BCUT2D eigenvalue weighted by Crippen LogP contribution is -2.31. The van der Waals surface area contributed by atoms with E-state index in [1.165, 1.54) is 17.0 Å². The van der Waals surface area contributed by atoms with Crippen molar-refractivity contribution in [3.63, 3.8) is 0 Å². The maximum Gasteiger partial charge on any atom is 0.338 e. The van der Waals surface area contributed by atoms with Crippen LogP contribution >= 0.6 is 15.9 Å². The second-order valence-corrected chi connectivity index (χ2v) is 9.41. The van der Waals surface area contributed by atoms with Gasteiger partial charge in [-0.3, -0.25) is 19.3 Å². The summed E-state index contributed by atoms with van der Waals surface area (Å²) in [6.07, 6.45) is 5.23. The predicted octanol–water partition coefficient (Wildman–Crippen LogP) is 4.51. The monoisotopic (exact) mass is 524 g/mol. The van der Waals surface area contributed by atoms with Gasteiger partial charge >= 0.3 is 5.97 Å². The fourth-order valence-corrected chi connectivity index (χ4v) is 4.93. The second-order valence-electron chi connectivity index (χ2n) is 8.49. The van der Waals surface area contributed by atoms with Crippen LogP contribution in [0.5, 0.6) is 0 Å². The van der Waals surface area contributed by atoms with Gasteiger partial charge in [0.2, 0.25) is 11.8 Å². The highest BCUT2D eigenvalue weighted by molar-refractivity contribution is 9.10. The zero-order valence-corrected chi connectivity index (χ0v) is 20.5. The summed E-state index contributed by atoms with van der Waals surface area (Å²) in [4.78, 5) is 51.6. The number of benzene rings is 2. The van der Waals surface area contributed by atoms with Crippen LogP contribution in [0.3, 0.4) is 0 Å². The summed E-state index contributed by atoms with van der Waals surface area (Å²) in [6, 6.07) is 11.6. The number of amides is 3. The van der Waals surface area contributed by atoms with E-state index in [1.54, 1.807) is 18.2 Å². The van der Waals surface area contributed by atoms with Gasteiger partial charge < -0.3 is 10.1 Å². The lowest BCUT2D eigenvalue weighted by atomic mass is 9.78. The van der Waals surface area contributed by atoms with E-state index in [0.717, 1.165) is 16.5 Å². The molecule has 0 bridgehead atoms. The van der Waals surface area contributed by atoms with Crippen LogP contribution in [-0.2, 0) is 25.5 Å². The minimum absolute atomic E-state index is 0.00594. The molecule has 0 spiro atoms. The number of ether oxygens (including phenoxy) is 1. The zero-order chi connectivity index (χ0) is 24.4. The summed E-state index contributed by atoms with van der Waals surface area (Å²) >= 11 is 3.41. The van der Waals surface area contributed by atoms with Crippen molar-refractivity contribution < 1.29 is 23.9 Å². The van der Waals surface area contributed by atoms with Crippen molar-refractivity contribution in [3.8, 4) is 0 Å². The highest BCUT2D eigenvalue weighted by Crippen LogP contribution is 2.40. The molecule has 4 rings (SSSR count). The van der Waals surface area contributed by atoms with Gasteiger partial charge in [0.15, 0.2) is 6.61 Å². The fraction of sp³-hybridized carbons (Fsp3) is 0.308. The van der Waals surface area contributed by atoms with E-state index < -0.39 is 18.5 Å². The Morgan fingerprint density at radius 1 is 1.12 bits per heavy atom. The average molecular weight is 525 g/mol. The van der Waals surface area contributed by atoms with Gasteiger partial charge in [0.05, 0.1) is 23.1 Å². The van der Waals surface area contributed by atoms with Gasteiger partial charge in [-0.05, 0) is 66.8 Å². The van der Waals surface area contributed by atoms with Gasteiger partial charge in [0, 0.05) is 10.2 Å². The number of allylic oxidation sites excluding steroid dienone is 2. The number of nitrogens with one attached hydrogen (secondary N) is 1. The molecule has 7 nitrogen and oxygen atoms in total. The molecule has 0 unspecified atom stereocenters. The molecule has 1 fully saturated rings. The van der Waals surface area contributed by atoms with Crippen LogP contribution in [-0.4, -0.2) is 30.3 Å². The molecule has 1 heterocycles. The Balaban J connectivity index is 1.37. The standard InChI is InChI=1S/C26H25BrN2O5/c1-3-16-13-18(27)9-12-21(16)28-22(30)14-34-26(33)17-7-10-19(11-8-17)29-24(31)20-6-4-5-15(2)23(20)25(29)32/h4-5,7-13,15,20,23H,3,6,14H2,1-2H3,(H,28,30)/t15-,20-,23+/m1/s1. The van der Waals surface area contributed by atoms with Crippen molar-refractivity contribution in [2.24, 2.45) is 17.8 Å². The summed E-state index contributed by atoms with van der Waals surface area (Å²) in [5.74, 6) is -2.21. The quantitative estimate of drug-likeness (QED) is 0.341. The molecule has 8 heteroatoms. The molecule has 1 aliphatic heterocycles. The summed E-state index contributed by atoms with van der Waals surface area (Å²) in [5.41, 5.74) is 2.27. The largest absolute Gasteiger partial charge is 0.452 e. The second kappa shape index (κ2) is 9.93. The molecule has 176 valence electrons. The van der Waals surface area contributed by atoms with Crippen LogP contribution in [0.25, 0.3) is 0 Å². The molecule has 1 N–H and O–H groups in total. The van der Waals surface area contributed by atoms with E-state index in [-0.39, 0.29) is 35.1 Å². The Labute approximate surface area is 206 Å². The van der Waals surface area contributed by atoms with Crippen LogP contribution in [0.1, 0.15) is 36.2 Å². The van der Waals surface area contributed by atoms with E-state index in [0.29, 0.717) is 17.8 Å². The van der Waals surface area contributed by atoms with E-state index in [4.69, 9.17) is 4.74 Å². The normalized spacial score (nSPS) is 21.4. The summed E-state index contributed by atoms with van der Waals surface area (Å²) in [6.45, 7) is 3.49. The highest BCUT2D eigenvalue weighted by Gasteiger charge is 2.50. The first-order chi connectivity index (χ1) is 16.3. The number of rotatable bonds is 6. The summed E-state index contributed by atoms with van der Waals surface area (Å²) in [7, 11) is 0. The van der Waals surface area contributed by atoms with E-state index in [9.17, 15) is 19.2 Å². The number of halogens is 1. The van der Waals surface area contributed by atoms with Gasteiger partial charge in [0.25, 0.3) is 5.91 Å². The minimum Gasteiger partial charge on any atom is -0.452 e. The van der Waals surface area contributed by atoms with Gasteiger partial charge in [-0.2, -0.15) is 0 Å². The van der Waals surface area contributed by atoms with Crippen molar-refractivity contribution in [3.05, 3.63) is 70.2 Å². The van der Waals surface area contributed by atoms with Gasteiger partial charge in [0.1, 0.15) is 0 Å². The molecular formula is C26H25BrN2O5. The number of carbonyl (C=O) groups excluding carboxylic acids is 4. The van der Waals surface area contributed by atoms with Crippen molar-refractivity contribution in [2.45, 2.75) is 26.7 Å². The molecule has 0 aromatic heterocycles. The molecule has 1 saturated heterocycles. The first-order valence-corrected chi connectivity index (χ1v) is 12.0. The Hall–Kier alpha value is -3.26. The average Bonchev–Trinajstić information content (AvgIpc) is 3.09. The third-order valence-electron chi connectivity index (χ3n) is 6.29. The van der Waals surface area contributed by atoms with Gasteiger partial charge in [-0.15, -0.1) is 0 Å². The predicted molar refractivity (Wildman–Crippen MR) is 131 cm³/mol. The molecular weight excluding hydrogens is 500 g/mol. The molecule has 0 saturated carbocycles. The van der Waals surface area contributed by atoms with Crippen LogP contribution in [0.4, 0.5) is 11.4 Å². The lowest BCUT2D eigenvalue weighted by molar-refractivity contribution is -0.123. The highest BCUT2D eigenvalue weighted by atomic mass is 79.9. The number of nitrogens with zero attached hydrogens (tertiary/aromatic N) is 1. The van der Waals surface area contributed by atoms with Crippen molar-refractivity contribution >= 4 is 51.0 Å². The van der Waals surface area contributed by atoms with Crippen molar-refractivity contribution in [1.82, 2.24) is 0 Å². The smallest absolute Gasteiger partial charge is 0.338 e. The summed E-state index contributed by atoms with van der Waals surface area (Å²) < 4.78 is 6.06. The number of anilines is 2. The molecule has 3 atom stereocenters. The maximum atomic E-state index is 12.9. The number of carbonyl (C=O) groups is 4. The molecule has 34 heavy (non-hydrogen) atoms. The Bertz CT molecular complexity index is 1170. The number of fused-ring (bicyclic) bond motifs is 1. The number of esters is 1. The molecule has 3 amide bonds. The fourth-order valence-electron chi connectivity index (χ4n) is 4.53. The first kappa shape index (κ1) is 23.9. The Morgan fingerprint density at radius 3 is 2.53 bits per heavy atom. The molecule has 1 aliphatic carbocycles. The van der Waals surface area contributed by atoms with Crippen LogP contribution in [0, 0.1) is 17.8 Å². The number of hydrogen-bond donors (Lipinski definition) is 1. The molecule has 0 radical (unpaired) electrons. The van der Waals surface area contributed by atoms with E-state index >= 15 is 0 Å². The molecule has 2 aliphatic rings. The SMILES string of the molecule is CCc1cc(Br)ccc1NC(=O)COC(=O)c1ccc(N2C(=O)[C@H]3[C@H](C)C=CC[C@H]3C2=O)cc1. The zero-order valence-electron chi connectivity index (χ0n) is 18.9.